The number of benzene rings is 2. The van der Waals surface area contributed by atoms with Crippen molar-refractivity contribution in [1.29, 1.82) is 0 Å². The molecule has 0 aliphatic carbocycles. The molecular formula is C23H28NO+. The van der Waals surface area contributed by atoms with Crippen LogP contribution in [0.1, 0.15) is 31.1 Å². The maximum Gasteiger partial charge on any atom is 0.216 e. The van der Waals surface area contributed by atoms with E-state index in [-0.39, 0.29) is 12.3 Å². The van der Waals surface area contributed by atoms with Gasteiger partial charge >= 0.3 is 0 Å². The summed E-state index contributed by atoms with van der Waals surface area (Å²) in [6, 6.07) is 21.3. The predicted molar refractivity (Wildman–Crippen MR) is 105 cm³/mol. The molecule has 0 aromatic heterocycles. The molecule has 0 saturated carbocycles. The van der Waals surface area contributed by atoms with E-state index >= 15 is 0 Å². The molecular weight excluding hydrogens is 306 g/mol. The molecule has 130 valence electrons. The Hall–Kier alpha value is -2.16. The number of quaternary nitrogens is 1. The van der Waals surface area contributed by atoms with E-state index in [2.05, 4.69) is 94.2 Å². The fourth-order valence-electron chi connectivity index (χ4n) is 3.78. The normalized spacial score (nSPS) is 29.2. The van der Waals surface area contributed by atoms with Crippen molar-refractivity contribution in [3.8, 4) is 0 Å². The molecule has 1 fully saturated rings. The highest BCUT2D eigenvalue weighted by Crippen LogP contribution is 2.41. The van der Waals surface area contributed by atoms with Gasteiger partial charge in [0.1, 0.15) is 18.7 Å². The molecule has 2 heteroatoms. The molecule has 1 heterocycles. The Labute approximate surface area is 151 Å². The lowest BCUT2D eigenvalue weighted by Gasteiger charge is -2.37. The zero-order valence-corrected chi connectivity index (χ0v) is 15.4. The van der Waals surface area contributed by atoms with Gasteiger partial charge in [-0.25, -0.2) is 0 Å². The Kier molecular flexibility index (Phi) is 5.22. The molecule has 0 N–H and O–H groups in total. The number of ether oxygens (including phenoxy) is 1. The first-order chi connectivity index (χ1) is 12.0. The quantitative estimate of drug-likeness (QED) is 0.539. The van der Waals surface area contributed by atoms with Crippen molar-refractivity contribution in [2.75, 3.05) is 13.6 Å². The van der Waals surface area contributed by atoms with E-state index in [0.29, 0.717) is 6.04 Å². The molecule has 0 radical (unpaired) electrons. The molecule has 0 unspecified atom stereocenters. The maximum atomic E-state index is 6.48. The summed E-state index contributed by atoms with van der Waals surface area (Å²) in [5.41, 5.74) is 3.56. The monoisotopic (exact) mass is 334 g/mol. The van der Waals surface area contributed by atoms with Crippen molar-refractivity contribution >= 4 is 6.08 Å². The topological polar surface area (TPSA) is 9.23 Å². The fraction of sp³-hybridized carbons (Fsp3) is 0.304. The molecule has 2 aromatic carbocycles. The van der Waals surface area contributed by atoms with Gasteiger partial charge in [0.2, 0.25) is 6.23 Å². The average Bonchev–Trinajstić information content (AvgIpc) is 2.89. The van der Waals surface area contributed by atoms with Crippen molar-refractivity contribution in [3.05, 3.63) is 90.0 Å². The van der Waals surface area contributed by atoms with Crippen LogP contribution in [0.2, 0.25) is 0 Å². The van der Waals surface area contributed by atoms with E-state index in [4.69, 9.17) is 4.74 Å². The van der Waals surface area contributed by atoms with E-state index in [0.717, 1.165) is 16.6 Å². The van der Waals surface area contributed by atoms with Crippen LogP contribution in [0.25, 0.3) is 6.08 Å². The smallest absolute Gasteiger partial charge is 0.216 e. The Morgan fingerprint density at radius 2 is 1.68 bits per heavy atom. The first-order valence-electron chi connectivity index (χ1n) is 8.94. The summed E-state index contributed by atoms with van der Waals surface area (Å²) >= 11 is 0. The van der Waals surface area contributed by atoms with Crippen molar-refractivity contribution in [1.82, 2.24) is 0 Å². The minimum atomic E-state index is 0.0145. The average molecular weight is 334 g/mol. The maximum absolute atomic E-state index is 6.48. The van der Waals surface area contributed by atoms with E-state index in [1.165, 1.54) is 11.1 Å². The lowest BCUT2D eigenvalue weighted by atomic mass is 10.0. The zero-order valence-electron chi connectivity index (χ0n) is 15.4. The summed E-state index contributed by atoms with van der Waals surface area (Å²) in [5, 5.41) is 0. The van der Waals surface area contributed by atoms with Gasteiger partial charge in [0.25, 0.3) is 0 Å². The van der Waals surface area contributed by atoms with Crippen LogP contribution in [0.15, 0.2) is 78.9 Å². The molecule has 0 bridgehead atoms. The molecule has 3 rings (SSSR count). The second kappa shape index (κ2) is 7.38. The molecule has 25 heavy (non-hydrogen) atoms. The largest absolute Gasteiger partial charge is 0.311 e. The van der Waals surface area contributed by atoms with Crippen LogP contribution >= 0.6 is 0 Å². The molecule has 0 amide bonds. The van der Waals surface area contributed by atoms with E-state index in [9.17, 15) is 0 Å². The van der Waals surface area contributed by atoms with Crippen molar-refractivity contribution in [2.24, 2.45) is 0 Å². The number of hydrogen-bond acceptors (Lipinski definition) is 1. The molecule has 4 atom stereocenters. The highest BCUT2D eigenvalue weighted by molar-refractivity contribution is 5.48. The summed E-state index contributed by atoms with van der Waals surface area (Å²) in [6.45, 7) is 9.47. The summed E-state index contributed by atoms with van der Waals surface area (Å²) in [7, 11) is 2.28. The Balaban J connectivity index is 1.83. The molecule has 0 spiro atoms. The van der Waals surface area contributed by atoms with Crippen LogP contribution in [-0.2, 0) is 4.74 Å². The molecule has 2 aromatic rings. The van der Waals surface area contributed by atoms with Crippen LogP contribution in [0.3, 0.4) is 0 Å². The Morgan fingerprint density at radius 3 is 2.28 bits per heavy atom. The lowest BCUT2D eigenvalue weighted by Crippen LogP contribution is -2.53. The van der Waals surface area contributed by atoms with Crippen molar-refractivity contribution < 1.29 is 9.22 Å². The van der Waals surface area contributed by atoms with Gasteiger partial charge < -0.3 is 4.74 Å². The third-order valence-corrected chi connectivity index (χ3v) is 5.34. The zero-order chi connectivity index (χ0) is 17.9. The number of nitrogens with zero attached hydrogens (tertiary/aromatic N) is 1. The number of hydrogen-bond donors (Lipinski definition) is 0. The molecule has 1 aliphatic heterocycles. The third-order valence-electron chi connectivity index (χ3n) is 5.34. The Morgan fingerprint density at radius 1 is 1.08 bits per heavy atom. The van der Waals surface area contributed by atoms with Crippen LogP contribution in [0, 0.1) is 0 Å². The molecule has 1 saturated heterocycles. The van der Waals surface area contributed by atoms with Crippen LogP contribution in [0.5, 0.6) is 0 Å². The van der Waals surface area contributed by atoms with Crippen LogP contribution in [0.4, 0.5) is 0 Å². The van der Waals surface area contributed by atoms with Crippen molar-refractivity contribution in [3.63, 3.8) is 0 Å². The van der Waals surface area contributed by atoms with Crippen LogP contribution in [-0.4, -0.2) is 30.3 Å². The molecule has 2 nitrogen and oxygen atoms in total. The highest BCUT2D eigenvalue weighted by Gasteiger charge is 2.51. The minimum absolute atomic E-state index is 0.0145. The lowest BCUT2D eigenvalue weighted by molar-refractivity contribution is -0.941. The fourth-order valence-corrected chi connectivity index (χ4v) is 3.78. The summed E-state index contributed by atoms with van der Waals surface area (Å²) in [5.74, 6) is 0. The minimum Gasteiger partial charge on any atom is -0.311 e. The predicted octanol–water partition coefficient (Wildman–Crippen LogP) is 5.21. The standard InChI is InChI=1S/C23H28NO/c1-18(2)23-24(4,17-11-14-20-12-7-5-8-13-20)19(3)22(25-23)21-15-9-6-10-16-21/h5-16,19,22-23H,1,17H2,2-4H3/q+1/b14-11+/t19-,22-,23-,24+/m0/s1. The van der Waals surface area contributed by atoms with Crippen LogP contribution < -0.4 is 0 Å². The van der Waals surface area contributed by atoms with Gasteiger partial charge in [-0.15, -0.1) is 0 Å². The van der Waals surface area contributed by atoms with Gasteiger partial charge in [0.15, 0.2) is 0 Å². The van der Waals surface area contributed by atoms with E-state index < -0.39 is 0 Å². The van der Waals surface area contributed by atoms with Gasteiger partial charge in [-0.3, -0.25) is 4.48 Å². The first kappa shape index (κ1) is 17.7. The second-order valence-electron chi connectivity index (χ2n) is 7.25. The van der Waals surface area contributed by atoms with Crippen molar-refractivity contribution in [2.45, 2.75) is 32.2 Å². The summed E-state index contributed by atoms with van der Waals surface area (Å²) < 4.78 is 7.30. The third kappa shape index (κ3) is 3.60. The van der Waals surface area contributed by atoms with E-state index in [1.54, 1.807) is 0 Å². The van der Waals surface area contributed by atoms with Gasteiger partial charge in [-0.1, -0.05) is 73.3 Å². The van der Waals surface area contributed by atoms with Gasteiger partial charge in [-0.2, -0.15) is 0 Å². The second-order valence-corrected chi connectivity index (χ2v) is 7.25. The first-order valence-corrected chi connectivity index (χ1v) is 8.94. The van der Waals surface area contributed by atoms with Gasteiger partial charge in [0, 0.05) is 5.57 Å². The number of likely N-dealkylation sites (N-methyl/N-ethyl adjacent to an activating group) is 1. The summed E-state index contributed by atoms with van der Waals surface area (Å²) in [6.07, 6.45) is 4.57. The number of rotatable bonds is 5. The summed E-state index contributed by atoms with van der Waals surface area (Å²) in [4.78, 5) is 0. The SMILES string of the molecule is C=C(C)[C@@H]1O[C@H](c2ccccc2)[C@H](C)[N@@+]1(C)C/C=C/c1ccccc1. The highest BCUT2D eigenvalue weighted by atomic mass is 16.5. The van der Waals surface area contributed by atoms with Gasteiger partial charge in [0.05, 0.1) is 7.05 Å². The van der Waals surface area contributed by atoms with Gasteiger partial charge in [-0.05, 0) is 31.1 Å². The van der Waals surface area contributed by atoms with E-state index in [1.807, 2.05) is 6.07 Å². The Bertz CT molecular complexity index is 737. The molecule has 1 aliphatic rings.